The van der Waals surface area contributed by atoms with Crippen molar-refractivity contribution in [1.29, 1.82) is 0 Å². The fraction of sp³-hybridized carbons (Fsp3) is 0.875. The van der Waals surface area contributed by atoms with Crippen molar-refractivity contribution in [3.63, 3.8) is 0 Å². The Hall–Kier alpha value is -0.735. The second-order valence-corrected chi connectivity index (χ2v) is 4.00. The third-order valence-corrected chi connectivity index (χ3v) is 1.21. The molecule has 0 saturated carbocycles. The third kappa shape index (κ3) is 9.18. The number of halogens is 1. The van der Waals surface area contributed by atoms with Gasteiger partial charge in [-0.1, -0.05) is 6.82 Å². The number of carbonyl (C=O) groups is 1. The molecule has 0 rings (SSSR count). The van der Waals surface area contributed by atoms with Gasteiger partial charge in [0.1, 0.15) is 5.60 Å². The maximum Gasteiger partial charge on any atom is 0.407 e. The summed E-state index contributed by atoms with van der Waals surface area (Å²) in [7, 11) is 0. The van der Waals surface area contributed by atoms with E-state index in [4.69, 9.17) is 4.74 Å². The topological polar surface area (TPSA) is 38.3 Å². The van der Waals surface area contributed by atoms with Crippen molar-refractivity contribution in [1.82, 2.24) is 5.32 Å². The van der Waals surface area contributed by atoms with Crippen LogP contribution in [-0.2, 0) is 4.74 Å². The molecule has 3 nitrogen and oxygen atoms in total. The van der Waals surface area contributed by atoms with Crippen LogP contribution >= 0.6 is 0 Å². The summed E-state index contributed by atoms with van der Waals surface area (Å²) < 4.78 is 17.2. The molecule has 0 fully saturated rings. The molecule has 5 heteroatoms. The van der Waals surface area contributed by atoms with Crippen molar-refractivity contribution in [3.8, 4) is 0 Å². The molecule has 0 aromatic heterocycles. The summed E-state index contributed by atoms with van der Waals surface area (Å²) in [4.78, 5) is 11.0. The number of alkyl carbamates (subject to hydrolysis) is 1. The van der Waals surface area contributed by atoms with Gasteiger partial charge in [-0.2, -0.15) is 0 Å². The molecule has 0 aliphatic rings. The van der Waals surface area contributed by atoms with Gasteiger partial charge in [0.2, 0.25) is 0 Å². The molecule has 1 N–H and O–H groups in total. The normalized spacial score (nSPS) is 10.8. The first-order chi connectivity index (χ1) is 5.81. The Bertz CT molecular complexity index is 168. The molecular weight excluding hydrogens is 172 g/mol. The minimum atomic E-state index is -0.894. The van der Waals surface area contributed by atoms with Crippen LogP contribution in [0.5, 0.6) is 0 Å². The molecule has 0 aliphatic carbocycles. The van der Waals surface area contributed by atoms with Crippen molar-refractivity contribution in [2.75, 3.05) is 6.54 Å². The van der Waals surface area contributed by atoms with Crippen molar-refractivity contribution in [3.05, 3.63) is 0 Å². The SMILES string of the molecule is CB(F)CCNC(=O)OC(C)(C)C. The molecule has 1 amide bonds. The fourth-order valence-electron chi connectivity index (χ4n) is 0.687. The Labute approximate surface area is 79.2 Å². The number of amides is 1. The molecule has 0 aromatic carbocycles. The van der Waals surface area contributed by atoms with Gasteiger partial charge in [-0.05, 0) is 27.1 Å². The van der Waals surface area contributed by atoms with Crippen LogP contribution in [0.1, 0.15) is 20.8 Å². The zero-order chi connectivity index (χ0) is 10.5. The lowest BCUT2D eigenvalue weighted by Gasteiger charge is -2.19. The summed E-state index contributed by atoms with van der Waals surface area (Å²) in [5, 5.41) is 2.47. The van der Waals surface area contributed by atoms with Crippen LogP contribution in [-0.4, -0.2) is 25.2 Å². The summed E-state index contributed by atoms with van der Waals surface area (Å²) in [5.41, 5.74) is -0.495. The molecule has 0 atom stereocenters. The van der Waals surface area contributed by atoms with Gasteiger partial charge in [0.05, 0.1) is 0 Å². The van der Waals surface area contributed by atoms with E-state index in [0.29, 0.717) is 12.9 Å². The number of nitrogens with one attached hydrogen (secondary N) is 1. The molecule has 0 spiro atoms. The smallest absolute Gasteiger partial charge is 0.407 e. The van der Waals surface area contributed by atoms with Crippen LogP contribution in [0.15, 0.2) is 0 Å². The first-order valence-electron chi connectivity index (χ1n) is 4.42. The van der Waals surface area contributed by atoms with Gasteiger partial charge in [0.15, 0.2) is 0 Å². The van der Waals surface area contributed by atoms with Gasteiger partial charge in [0.25, 0.3) is 0 Å². The standard InChI is InChI=1S/C8H17BFNO2/c1-8(2,3)13-7(12)11-6-5-9(4)10/h5-6H2,1-4H3,(H,11,12). The summed E-state index contributed by atoms with van der Waals surface area (Å²) in [5.74, 6) is 0. The molecule has 0 aromatic rings. The highest BCUT2D eigenvalue weighted by Gasteiger charge is 2.15. The summed E-state index contributed by atoms with van der Waals surface area (Å²) >= 11 is 0. The predicted molar refractivity (Wildman–Crippen MR) is 51.8 cm³/mol. The van der Waals surface area contributed by atoms with Crippen molar-refractivity contribution >= 4 is 13.1 Å². The van der Waals surface area contributed by atoms with Gasteiger partial charge in [-0.25, -0.2) is 4.79 Å². The number of carbonyl (C=O) groups excluding carboxylic acids is 1. The monoisotopic (exact) mass is 189 g/mol. The number of hydrogen-bond donors (Lipinski definition) is 1. The Morgan fingerprint density at radius 1 is 1.54 bits per heavy atom. The molecule has 0 saturated heterocycles. The van der Waals surface area contributed by atoms with Crippen molar-refractivity contribution < 1.29 is 13.8 Å². The quantitative estimate of drug-likeness (QED) is 0.690. The maximum atomic E-state index is 12.3. The first kappa shape index (κ1) is 12.3. The minimum Gasteiger partial charge on any atom is -0.444 e. The highest BCUT2D eigenvalue weighted by atomic mass is 19.1. The van der Waals surface area contributed by atoms with Crippen molar-refractivity contribution in [2.45, 2.75) is 39.5 Å². The molecule has 0 heterocycles. The molecule has 13 heavy (non-hydrogen) atoms. The predicted octanol–water partition coefficient (Wildman–Crippen LogP) is 2.10. The molecule has 0 bridgehead atoms. The van der Waals surface area contributed by atoms with Gasteiger partial charge in [0, 0.05) is 6.54 Å². The van der Waals surface area contributed by atoms with Crippen LogP contribution < -0.4 is 5.32 Å². The van der Waals surface area contributed by atoms with Crippen LogP contribution in [0, 0.1) is 0 Å². The van der Waals surface area contributed by atoms with E-state index in [-0.39, 0.29) is 0 Å². The average molecular weight is 189 g/mol. The molecular formula is C8H17BFNO2. The van der Waals surface area contributed by atoms with Gasteiger partial charge in [-0.15, -0.1) is 0 Å². The first-order valence-corrected chi connectivity index (χ1v) is 4.42. The van der Waals surface area contributed by atoms with E-state index in [1.807, 2.05) is 0 Å². The molecule has 76 valence electrons. The second kappa shape index (κ2) is 5.09. The molecule has 0 radical (unpaired) electrons. The highest BCUT2D eigenvalue weighted by molar-refractivity contribution is 6.49. The van der Waals surface area contributed by atoms with Gasteiger partial charge < -0.3 is 14.4 Å². The van der Waals surface area contributed by atoms with Crippen molar-refractivity contribution in [2.24, 2.45) is 0 Å². The summed E-state index contributed by atoms with van der Waals surface area (Å²) in [6.07, 6.45) is -0.174. The van der Waals surface area contributed by atoms with E-state index in [2.05, 4.69) is 5.32 Å². The Kier molecular flexibility index (Phi) is 4.81. The fourth-order valence-corrected chi connectivity index (χ4v) is 0.687. The average Bonchev–Trinajstić information content (AvgIpc) is 1.81. The van der Waals surface area contributed by atoms with E-state index in [9.17, 15) is 9.11 Å². The second-order valence-electron chi connectivity index (χ2n) is 4.00. The van der Waals surface area contributed by atoms with E-state index in [1.165, 1.54) is 6.82 Å². The van der Waals surface area contributed by atoms with Crippen LogP contribution in [0.2, 0.25) is 13.1 Å². The Balaban J connectivity index is 3.53. The lowest BCUT2D eigenvalue weighted by molar-refractivity contribution is 0.0531. The molecule has 0 unspecified atom stereocenters. The number of rotatable bonds is 3. The van der Waals surface area contributed by atoms with E-state index in [0.717, 1.165) is 0 Å². The Morgan fingerprint density at radius 3 is 2.46 bits per heavy atom. The largest absolute Gasteiger partial charge is 0.444 e. The highest BCUT2D eigenvalue weighted by Crippen LogP contribution is 2.06. The zero-order valence-corrected chi connectivity index (χ0v) is 8.69. The lowest BCUT2D eigenvalue weighted by Crippen LogP contribution is -2.33. The zero-order valence-electron chi connectivity index (χ0n) is 8.69. The van der Waals surface area contributed by atoms with E-state index < -0.39 is 18.7 Å². The van der Waals surface area contributed by atoms with Crippen LogP contribution in [0.3, 0.4) is 0 Å². The van der Waals surface area contributed by atoms with Crippen LogP contribution in [0.4, 0.5) is 9.11 Å². The van der Waals surface area contributed by atoms with E-state index in [1.54, 1.807) is 20.8 Å². The minimum absolute atomic E-state index is 0.312. The third-order valence-electron chi connectivity index (χ3n) is 1.21. The molecule has 0 aliphatic heterocycles. The maximum absolute atomic E-state index is 12.3. The summed E-state index contributed by atoms with van der Waals surface area (Å²) in [6.45, 7) is 6.22. The lowest BCUT2D eigenvalue weighted by atomic mass is 9.72. The number of ether oxygens (including phenoxy) is 1. The summed E-state index contributed by atoms with van der Waals surface area (Å²) in [6, 6.07) is 0. The Morgan fingerprint density at radius 2 is 2.08 bits per heavy atom. The van der Waals surface area contributed by atoms with E-state index >= 15 is 0 Å². The van der Waals surface area contributed by atoms with Gasteiger partial charge >= 0.3 is 13.1 Å². The number of hydrogen-bond acceptors (Lipinski definition) is 2. The van der Waals surface area contributed by atoms with Crippen LogP contribution in [0.25, 0.3) is 0 Å². The van der Waals surface area contributed by atoms with Gasteiger partial charge in [-0.3, -0.25) is 0 Å².